The molecular formula is C33H32ClN7O4S. The first kappa shape index (κ1) is 31.2. The summed E-state index contributed by atoms with van der Waals surface area (Å²) in [5.74, 6) is -0.382. The lowest BCUT2D eigenvalue weighted by atomic mass is 10.0. The third kappa shape index (κ3) is 6.18. The van der Waals surface area contributed by atoms with Gasteiger partial charge in [0.25, 0.3) is 11.5 Å². The molecule has 0 spiro atoms. The molecular weight excluding hydrogens is 626 g/mol. The third-order valence-electron chi connectivity index (χ3n) is 7.97. The highest BCUT2D eigenvalue weighted by atomic mass is 35.5. The number of aromatic nitrogens is 4. The molecule has 0 unspecified atom stereocenters. The predicted octanol–water partition coefficient (Wildman–Crippen LogP) is 5.04. The Morgan fingerprint density at radius 2 is 1.72 bits per heavy atom. The van der Waals surface area contributed by atoms with Gasteiger partial charge in [0.1, 0.15) is 5.15 Å². The average Bonchev–Trinajstić information content (AvgIpc) is 3.42. The van der Waals surface area contributed by atoms with Crippen LogP contribution in [0, 0.1) is 13.8 Å². The van der Waals surface area contributed by atoms with E-state index in [2.05, 4.69) is 44.5 Å². The summed E-state index contributed by atoms with van der Waals surface area (Å²) < 4.78 is 27.0. The first-order valence-electron chi connectivity index (χ1n) is 14.5. The topological polar surface area (TPSA) is 139 Å². The Bertz CT molecular complexity index is 2220. The number of halogens is 1. The van der Waals surface area contributed by atoms with Gasteiger partial charge < -0.3 is 10.2 Å². The Morgan fingerprint density at radius 1 is 0.978 bits per heavy atom. The van der Waals surface area contributed by atoms with Crippen LogP contribution < -0.4 is 20.5 Å². The van der Waals surface area contributed by atoms with Gasteiger partial charge in [-0.2, -0.15) is 0 Å². The number of anilines is 2. The van der Waals surface area contributed by atoms with Crippen LogP contribution >= 0.6 is 11.6 Å². The number of sulfonamides is 1. The molecule has 11 nitrogen and oxygen atoms in total. The van der Waals surface area contributed by atoms with E-state index in [4.69, 9.17) is 16.6 Å². The minimum Gasteiger partial charge on any atom is -0.377 e. The monoisotopic (exact) mass is 657 g/mol. The fourth-order valence-electron chi connectivity index (χ4n) is 5.85. The molecule has 6 rings (SSSR count). The third-order valence-corrected chi connectivity index (χ3v) is 8.73. The fourth-order valence-corrected chi connectivity index (χ4v) is 6.43. The molecule has 13 heteroatoms. The van der Waals surface area contributed by atoms with Gasteiger partial charge in [0, 0.05) is 37.6 Å². The van der Waals surface area contributed by atoms with Crippen molar-refractivity contribution in [2.24, 2.45) is 7.05 Å². The Labute approximate surface area is 271 Å². The Hall–Kier alpha value is -4.81. The zero-order chi connectivity index (χ0) is 32.9. The maximum absolute atomic E-state index is 13.8. The highest BCUT2D eigenvalue weighted by Gasteiger charge is 2.26. The van der Waals surface area contributed by atoms with Gasteiger partial charge in [-0.3, -0.25) is 19.1 Å². The van der Waals surface area contributed by atoms with Crippen molar-refractivity contribution in [2.75, 3.05) is 16.5 Å². The Morgan fingerprint density at radius 3 is 2.46 bits per heavy atom. The number of nitrogens with zero attached hydrogens (tertiary/aromatic N) is 5. The van der Waals surface area contributed by atoms with Gasteiger partial charge in [-0.15, -0.1) is 0 Å². The molecule has 1 atom stereocenters. The van der Waals surface area contributed by atoms with Gasteiger partial charge >= 0.3 is 0 Å². The molecule has 3 aromatic heterocycles. The summed E-state index contributed by atoms with van der Waals surface area (Å²) in [7, 11) is -2.11. The summed E-state index contributed by atoms with van der Waals surface area (Å²) in [5.41, 5.74) is 7.50. The van der Waals surface area contributed by atoms with Crippen LogP contribution in [0.4, 0.5) is 11.6 Å². The number of pyridine rings is 2. The van der Waals surface area contributed by atoms with E-state index in [0.29, 0.717) is 29.9 Å². The van der Waals surface area contributed by atoms with Gasteiger partial charge in [-0.25, -0.2) is 23.1 Å². The molecule has 236 valence electrons. The van der Waals surface area contributed by atoms with Crippen molar-refractivity contribution in [2.45, 2.75) is 39.9 Å². The van der Waals surface area contributed by atoms with Crippen molar-refractivity contribution in [3.63, 3.8) is 0 Å². The molecule has 0 saturated heterocycles. The highest BCUT2D eigenvalue weighted by Crippen LogP contribution is 2.33. The summed E-state index contributed by atoms with van der Waals surface area (Å²) in [4.78, 5) is 42.1. The maximum atomic E-state index is 13.8. The number of aryl methyl sites for hydroxylation is 2. The number of fused-ring (bicyclic) bond motifs is 2. The zero-order valence-corrected chi connectivity index (χ0v) is 27.5. The maximum Gasteiger partial charge on any atom is 0.285 e. The van der Waals surface area contributed by atoms with Crippen molar-refractivity contribution >= 4 is 50.1 Å². The smallest absolute Gasteiger partial charge is 0.285 e. The first-order valence-corrected chi connectivity index (χ1v) is 16.8. The molecule has 4 heterocycles. The van der Waals surface area contributed by atoms with Crippen molar-refractivity contribution in [3.05, 3.63) is 110 Å². The van der Waals surface area contributed by atoms with Crippen LogP contribution in [0.25, 0.3) is 22.0 Å². The first-order chi connectivity index (χ1) is 21.8. The van der Waals surface area contributed by atoms with Crippen LogP contribution in [-0.2, 0) is 30.2 Å². The quantitative estimate of drug-likeness (QED) is 0.230. The minimum atomic E-state index is -3.84. The number of benzene rings is 2. The van der Waals surface area contributed by atoms with Crippen molar-refractivity contribution in [1.82, 2.24) is 24.2 Å². The van der Waals surface area contributed by atoms with Crippen molar-refractivity contribution in [3.8, 4) is 11.1 Å². The van der Waals surface area contributed by atoms with Crippen molar-refractivity contribution in [1.29, 1.82) is 0 Å². The zero-order valence-electron chi connectivity index (χ0n) is 25.9. The van der Waals surface area contributed by atoms with Crippen LogP contribution in [0.5, 0.6) is 0 Å². The van der Waals surface area contributed by atoms with Crippen LogP contribution in [-0.4, -0.2) is 40.1 Å². The molecule has 0 bridgehead atoms. The van der Waals surface area contributed by atoms with E-state index >= 15 is 0 Å². The molecule has 5 aromatic rings. The van der Waals surface area contributed by atoms with Crippen molar-refractivity contribution < 1.29 is 13.2 Å². The van der Waals surface area contributed by atoms with Gasteiger partial charge in [-0.1, -0.05) is 29.8 Å². The predicted molar refractivity (Wildman–Crippen MR) is 180 cm³/mol. The van der Waals surface area contributed by atoms with E-state index < -0.39 is 22.0 Å². The lowest BCUT2D eigenvalue weighted by Gasteiger charge is -2.23. The second-order valence-electron chi connectivity index (χ2n) is 11.7. The van der Waals surface area contributed by atoms with E-state index in [9.17, 15) is 18.0 Å². The second-order valence-corrected chi connectivity index (χ2v) is 13.8. The Balaban J connectivity index is 1.37. The molecule has 0 radical (unpaired) electrons. The normalized spacial score (nSPS) is 13.5. The lowest BCUT2D eigenvalue weighted by molar-refractivity contribution is 0.0977. The molecule has 1 aliphatic heterocycles. The molecule has 0 aliphatic carbocycles. The largest absolute Gasteiger partial charge is 0.377 e. The highest BCUT2D eigenvalue weighted by molar-refractivity contribution is 7.89. The SMILES string of the molecule is Cc1cc([C@@H](C)Nc2ccc(Cl)nc2C(=O)NS(C)(=O)=O)c2nc(N3Cc4ccc(-c5ccnc(C)c5)cc4C3)n(C)c(=O)c2c1. The fraction of sp³-hybridized carbons (Fsp3) is 0.242. The summed E-state index contributed by atoms with van der Waals surface area (Å²) >= 11 is 6.05. The molecule has 2 aromatic carbocycles. The molecule has 1 aliphatic rings. The van der Waals surface area contributed by atoms with Crippen LogP contribution in [0.2, 0.25) is 5.15 Å². The summed E-state index contributed by atoms with van der Waals surface area (Å²) in [6.07, 6.45) is 2.69. The van der Waals surface area contributed by atoms with E-state index in [-0.39, 0.29) is 22.1 Å². The van der Waals surface area contributed by atoms with E-state index in [1.165, 1.54) is 6.07 Å². The van der Waals surface area contributed by atoms with Gasteiger partial charge in [-0.05, 0) is 85.0 Å². The van der Waals surface area contributed by atoms with Gasteiger partial charge in [0.15, 0.2) is 5.69 Å². The van der Waals surface area contributed by atoms with E-state index in [1.807, 2.05) is 49.9 Å². The molecule has 2 N–H and O–H groups in total. The number of carbonyl (C=O) groups excluding carboxylic acids is 1. The summed E-state index contributed by atoms with van der Waals surface area (Å²) in [6.45, 7) is 6.92. The number of nitrogens with one attached hydrogen (secondary N) is 2. The molecule has 0 saturated carbocycles. The molecule has 1 amide bonds. The van der Waals surface area contributed by atoms with Crippen LogP contribution in [0.1, 0.15) is 51.4 Å². The number of rotatable bonds is 7. The van der Waals surface area contributed by atoms with E-state index in [1.54, 1.807) is 17.7 Å². The van der Waals surface area contributed by atoms with Gasteiger partial charge in [0.2, 0.25) is 16.0 Å². The second kappa shape index (κ2) is 11.8. The van der Waals surface area contributed by atoms with Crippen LogP contribution in [0.3, 0.4) is 0 Å². The summed E-state index contributed by atoms with van der Waals surface area (Å²) in [6, 6.07) is 16.8. The number of amides is 1. The van der Waals surface area contributed by atoms with E-state index in [0.717, 1.165) is 45.3 Å². The van der Waals surface area contributed by atoms with Gasteiger partial charge in [0.05, 0.1) is 28.9 Å². The minimum absolute atomic E-state index is 0.0299. The number of hydrogen-bond acceptors (Lipinski definition) is 9. The van der Waals surface area contributed by atoms with Crippen LogP contribution in [0.15, 0.2) is 65.6 Å². The lowest BCUT2D eigenvalue weighted by Crippen LogP contribution is -2.31. The average molecular weight is 658 g/mol. The molecule has 0 fully saturated rings. The number of hydrogen-bond donors (Lipinski definition) is 2. The number of carbonyl (C=O) groups is 1. The molecule has 46 heavy (non-hydrogen) atoms. The Kier molecular flexibility index (Phi) is 8.03. The summed E-state index contributed by atoms with van der Waals surface area (Å²) in [5, 5.41) is 3.75. The standard InChI is InChI=1S/C33H32ClN7O4S/c1-18-12-25(20(3)36-27-8-9-28(34)37-30(27)31(42)39-46(5,44)45)29-26(13-18)32(43)40(4)33(38-29)41-16-23-7-6-21(15-24(23)17-41)22-10-11-35-19(2)14-22/h6-15,20,36H,16-17H2,1-5H3,(H,39,42)/t20-/m1/s1.